The van der Waals surface area contributed by atoms with E-state index < -0.39 is 5.91 Å². The van der Waals surface area contributed by atoms with Crippen molar-refractivity contribution in [3.63, 3.8) is 0 Å². The summed E-state index contributed by atoms with van der Waals surface area (Å²) in [6.45, 7) is -0.0963. The Labute approximate surface area is 139 Å². The van der Waals surface area contributed by atoms with E-state index in [-0.39, 0.29) is 19.0 Å². The standard InChI is InChI=1S/C18H15FN2O3/c1-2-11-23-17-6-4-3-5-14(17)12-20-21-18(22)13-24-16-9-7-15(19)8-10-16/h1,3-10,12H,11,13H2,(H,21,22)/b20-12+. The van der Waals surface area contributed by atoms with E-state index >= 15 is 0 Å². The molecule has 5 nitrogen and oxygen atoms in total. The molecule has 0 aliphatic heterocycles. The number of ether oxygens (including phenoxy) is 2. The molecule has 0 saturated carbocycles. The Morgan fingerprint density at radius 3 is 2.71 bits per heavy atom. The Morgan fingerprint density at radius 2 is 1.96 bits per heavy atom. The summed E-state index contributed by atoms with van der Waals surface area (Å²) in [5, 5.41) is 3.84. The minimum absolute atomic E-state index is 0.142. The van der Waals surface area contributed by atoms with E-state index in [1.807, 2.05) is 6.07 Å². The number of rotatable bonds is 7. The molecule has 0 aliphatic carbocycles. The van der Waals surface area contributed by atoms with Crippen LogP contribution in [-0.2, 0) is 4.79 Å². The average Bonchev–Trinajstić information content (AvgIpc) is 2.60. The van der Waals surface area contributed by atoms with Crippen molar-refractivity contribution in [3.8, 4) is 23.8 Å². The zero-order valence-corrected chi connectivity index (χ0v) is 12.7. The molecule has 0 atom stereocenters. The van der Waals surface area contributed by atoms with Crippen LogP contribution in [0.2, 0.25) is 0 Å². The number of nitrogens with one attached hydrogen (secondary N) is 1. The number of hydrogen-bond acceptors (Lipinski definition) is 4. The Hall–Kier alpha value is -3.33. The summed E-state index contributed by atoms with van der Waals surface area (Å²) in [5.41, 5.74) is 3.01. The SMILES string of the molecule is C#CCOc1ccccc1/C=N/NC(=O)COc1ccc(F)cc1. The number of halogens is 1. The summed E-state index contributed by atoms with van der Waals surface area (Å²) in [7, 11) is 0. The van der Waals surface area contributed by atoms with E-state index in [2.05, 4.69) is 16.4 Å². The van der Waals surface area contributed by atoms with E-state index in [0.29, 0.717) is 17.1 Å². The van der Waals surface area contributed by atoms with E-state index in [1.54, 1.807) is 18.2 Å². The summed E-state index contributed by atoms with van der Waals surface area (Å²) in [6.07, 6.45) is 6.60. The van der Waals surface area contributed by atoms with Gasteiger partial charge in [0, 0.05) is 5.56 Å². The highest BCUT2D eigenvalue weighted by Crippen LogP contribution is 2.15. The monoisotopic (exact) mass is 326 g/mol. The Balaban J connectivity index is 1.84. The number of terminal acetylenes is 1. The lowest BCUT2D eigenvalue weighted by Crippen LogP contribution is -2.24. The first kappa shape index (κ1) is 17.0. The molecule has 2 rings (SSSR count). The first-order chi connectivity index (χ1) is 11.7. The fourth-order valence-electron chi connectivity index (χ4n) is 1.72. The summed E-state index contributed by atoms with van der Waals surface area (Å²) < 4.78 is 23.3. The van der Waals surface area contributed by atoms with Crippen molar-refractivity contribution >= 4 is 12.1 Å². The third-order valence-corrected chi connectivity index (χ3v) is 2.81. The van der Waals surface area contributed by atoms with Crippen molar-refractivity contribution in [3.05, 3.63) is 59.9 Å². The number of benzene rings is 2. The average molecular weight is 326 g/mol. The lowest BCUT2D eigenvalue weighted by atomic mass is 10.2. The van der Waals surface area contributed by atoms with Gasteiger partial charge in [-0.15, -0.1) is 6.42 Å². The maximum absolute atomic E-state index is 12.7. The number of carbonyl (C=O) groups is 1. The smallest absolute Gasteiger partial charge is 0.277 e. The number of carbonyl (C=O) groups excluding carboxylic acids is 1. The quantitative estimate of drug-likeness (QED) is 0.483. The van der Waals surface area contributed by atoms with Crippen LogP contribution in [-0.4, -0.2) is 25.3 Å². The normalized spacial score (nSPS) is 10.2. The van der Waals surface area contributed by atoms with Gasteiger partial charge in [-0.05, 0) is 36.4 Å². The van der Waals surface area contributed by atoms with Gasteiger partial charge in [-0.2, -0.15) is 5.10 Å². The second-order valence-electron chi connectivity index (χ2n) is 4.57. The van der Waals surface area contributed by atoms with Crippen LogP contribution in [0.4, 0.5) is 4.39 Å². The number of amides is 1. The van der Waals surface area contributed by atoms with Crippen molar-refractivity contribution in [1.29, 1.82) is 0 Å². The maximum atomic E-state index is 12.7. The van der Waals surface area contributed by atoms with Gasteiger partial charge in [-0.25, -0.2) is 9.82 Å². The van der Waals surface area contributed by atoms with Gasteiger partial charge in [0.1, 0.15) is 23.9 Å². The van der Waals surface area contributed by atoms with Crippen molar-refractivity contribution in [1.82, 2.24) is 5.43 Å². The van der Waals surface area contributed by atoms with Crippen LogP contribution in [0.15, 0.2) is 53.6 Å². The first-order valence-electron chi connectivity index (χ1n) is 7.04. The largest absolute Gasteiger partial charge is 0.484 e. The number of hydrazone groups is 1. The van der Waals surface area contributed by atoms with E-state index in [1.165, 1.54) is 30.5 Å². The van der Waals surface area contributed by atoms with Crippen molar-refractivity contribution < 1.29 is 18.7 Å². The Bertz CT molecular complexity index is 752. The number of nitrogens with zero attached hydrogens (tertiary/aromatic N) is 1. The molecule has 0 fully saturated rings. The second-order valence-corrected chi connectivity index (χ2v) is 4.57. The molecule has 0 aromatic heterocycles. The number of hydrogen-bond donors (Lipinski definition) is 1. The van der Waals surface area contributed by atoms with E-state index in [9.17, 15) is 9.18 Å². The minimum Gasteiger partial charge on any atom is -0.484 e. The third kappa shape index (κ3) is 5.46. The van der Waals surface area contributed by atoms with E-state index in [0.717, 1.165) is 0 Å². The fourth-order valence-corrected chi connectivity index (χ4v) is 1.72. The molecule has 0 bridgehead atoms. The Morgan fingerprint density at radius 1 is 1.21 bits per heavy atom. The van der Waals surface area contributed by atoms with Gasteiger partial charge in [0.05, 0.1) is 6.21 Å². The first-order valence-corrected chi connectivity index (χ1v) is 7.04. The highest BCUT2D eigenvalue weighted by atomic mass is 19.1. The van der Waals surface area contributed by atoms with Crippen LogP contribution in [0.25, 0.3) is 0 Å². The summed E-state index contributed by atoms with van der Waals surface area (Å²) in [5.74, 6) is 2.52. The molecule has 0 spiro atoms. The summed E-state index contributed by atoms with van der Waals surface area (Å²) in [6, 6.07) is 12.5. The van der Waals surface area contributed by atoms with E-state index in [4.69, 9.17) is 15.9 Å². The van der Waals surface area contributed by atoms with Gasteiger partial charge in [0.2, 0.25) is 0 Å². The highest BCUT2D eigenvalue weighted by Gasteiger charge is 2.03. The van der Waals surface area contributed by atoms with Gasteiger partial charge in [0.25, 0.3) is 5.91 Å². The zero-order chi connectivity index (χ0) is 17.2. The highest BCUT2D eigenvalue weighted by molar-refractivity contribution is 5.85. The summed E-state index contributed by atoms with van der Waals surface area (Å²) >= 11 is 0. The molecule has 1 amide bonds. The second kappa shape index (κ2) is 8.96. The molecule has 0 saturated heterocycles. The van der Waals surface area contributed by atoms with Crippen LogP contribution in [0, 0.1) is 18.2 Å². The van der Waals surface area contributed by atoms with Gasteiger partial charge in [-0.1, -0.05) is 18.1 Å². The predicted molar refractivity (Wildman–Crippen MR) is 88.4 cm³/mol. The van der Waals surface area contributed by atoms with Crippen LogP contribution in [0.5, 0.6) is 11.5 Å². The minimum atomic E-state index is -0.447. The van der Waals surface area contributed by atoms with Gasteiger partial charge in [0.15, 0.2) is 6.61 Å². The molecule has 1 N–H and O–H groups in total. The van der Waals surface area contributed by atoms with Crippen LogP contribution in [0.1, 0.15) is 5.56 Å². The summed E-state index contributed by atoms with van der Waals surface area (Å²) in [4.78, 5) is 11.6. The number of para-hydroxylation sites is 1. The lowest BCUT2D eigenvalue weighted by molar-refractivity contribution is -0.123. The van der Waals surface area contributed by atoms with Crippen molar-refractivity contribution in [2.24, 2.45) is 5.10 Å². The van der Waals surface area contributed by atoms with Gasteiger partial charge < -0.3 is 9.47 Å². The van der Waals surface area contributed by atoms with Crippen molar-refractivity contribution in [2.45, 2.75) is 0 Å². The molecule has 0 aliphatic rings. The fraction of sp³-hybridized carbons (Fsp3) is 0.111. The molecule has 2 aromatic rings. The predicted octanol–water partition coefficient (Wildman–Crippen LogP) is 2.37. The molecule has 0 radical (unpaired) electrons. The van der Waals surface area contributed by atoms with Gasteiger partial charge in [-0.3, -0.25) is 4.79 Å². The molecule has 0 unspecified atom stereocenters. The molecule has 122 valence electrons. The topological polar surface area (TPSA) is 59.9 Å². The zero-order valence-electron chi connectivity index (χ0n) is 12.7. The van der Waals surface area contributed by atoms with Crippen LogP contribution < -0.4 is 14.9 Å². The van der Waals surface area contributed by atoms with Crippen LogP contribution >= 0.6 is 0 Å². The molecular formula is C18H15FN2O3. The van der Waals surface area contributed by atoms with Crippen molar-refractivity contribution in [2.75, 3.05) is 13.2 Å². The van der Waals surface area contributed by atoms with Crippen LogP contribution in [0.3, 0.4) is 0 Å². The molecule has 2 aromatic carbocycles. The molecule has 24 heavy (non-hydrogen) atoms. The lowest BCUT2D eigenvalue weighted by Gasteiger charge is -2.06. The Kier molecular flexibility index (Phi) is 6.35. The molecular weight excluding hydrogens is 311 g/mol. The molecule has 6 heteroatoms. The maximum Gasteiger partial charge on any atom is 0.277 e. The third-order valence-electron chi connectivity index (χ3n) is 2.81. The molecule has 0 heterocycles. The van der Waals surface area contributed by atoms with Gasteiger partial charge >= 0.3 is 0 Å².